The minimum absolute atomic E-state index is 0.182. The van der Waals surface area contributed by atoms with Crippen molar-refractivity contribution < 1.29 is 9.90 Å². The fourth-order valence-corrected chi connectivity index (χ4v) is 3.16. The fraction of sp³-hybridized carbons (Fsp3) is 0.150. The zero-order chi connectivity index (χ0) is 17.4. The minimum Gasteiger partial charge on any atom is -0.508 e. The Labute approximate surface area is 145 Å². The van der Waals surface area contributed by atoms with Gasteiger partial charge < -0.3 is 10.4 Å². The number of carbonyl (C=O) groups excluding carboxylic acids is 1. The molecule has 2 N–H and O–H groups in total. The van der Waals surface area contributed by atoms with Crippen LogP contribution in [-0.4, -0.2) is 21.0 Å². The van der Waals surface area contributed by atoms with Gasteiger partial charge >= 0.3 is 0 Å². The van der Waals surface area contributed by atoms with E-state index in [1.807, 2.05) is 12.1 Å². The average molecular weight is 331 g/mol. The van der Waals surface area contributed by atoms with Gasteiger partial charge in [0.25, 0.3) is 0 Å². The summed E-state index contributed by atoms with van der Waals surface area (Å²) in [6.07, 6.45) is 1.71. The quantitative estimate of drug-likeness (QED) is 0.753. The molecule has 1 aliphatic carbocycles. The summed E-state index contributed by atoms with van der Waals surface area (Å²) in [5, 5.41) is 12.3. The molecule has 2 aromatic carbocycles. The Bertz CT molecular complexity index is 965. The smallest absolute Gasteiger partial charge is 0.222 e. The van der Waals surface area contributed by atoms with Crippen LogP contribution in [0.4, 0.5) is 5.82 Å². The molecule has 3 aromatic rings. The van der Waals surface area contributed by atoms with Crippen molar-refractivity contribution in [3.63, 3.8) is 0 Å². The summed E-state index contributed by atoms with van der Waals surface area (Å²) >= 11 is 0. The normalized spacial score (nSPS) is 12.2. The van der Waals surface area contributed by atoms with Crippen LogP contribution in [0, 0.1) is 0 Å². The van der Waals surface area contributed by atoms with Gasteiger partial charge in [0, 0.05) is 18.1 Å². The summed E-state index contributed by atoms with van der Waals surface area (Å²) in [6, 6.07) is 14.9. The van der Waals surface area contributed by atoms with Crippen LogP contribution in [0.3, 0.4) is 0 Å². The molecule has 25 heavy (non-hydrogen) atoms. The number of carbonyl (C=O) groups is 1. The molecule has 0 spiro atoms. The van der Waals surface area contributed by atoms with Crippen LogP contribution in [0.2, 0.25) is 0 Å². The number of nitrogens with one attached hydrogen (secondary N) is 1. The molecule has 0 aliphatic heterocycles. The van der Waals surface area contributed by atoms with E-state index in [9.17, 15) is 9.90 Å². The van der Waals surface area contributed by atoms with Crippen molar-refractivity contribution in [1.29, 1.82) is 0 Å². The highest BCUT2D eigenvalue weighted by Gasteiger charge is 2.22. The molecule has 1 aliphatic rings. The van der Waals surface area contributed by atoms with E-state index >= 15 is 0 Å². The van der Waals surface area contributed by atoms with Crippen LogP contribution in [0.25, 0.3) is 22.5 Å². The molecule has 0 unspecified atom stereocenters. The van der Waals surface area contributed by atoms with Crippen molar-refractivity contribution in [3.8, 4) is 28.3 Å². The lowest BCUT2D eigenvalue weighted by Gasteiger charge is -2.20. The Morgan fingerprint density at radius 3 is 2.52 bits per heavy atom. The predicted molar refractivity (Wildman–Crippen MR) is 96.3 cm³/mol. The zero-order valence-electron chi connectivity index (χ0n) is 13.8. The monoisotopic (exact) mass is 331 g/mol. The molecule has 1 aromatic heterocycles. The van der Waals surface area contributed by atoms with E-state index < -0.39 is 0 Å². The molecule has 0 bridgehead atoms. The molecule has 0 radical (unpaired) electrons. The Hall–Kier alpha value is -3.21. The molecule has 124 valence electrons. The van der Waals surface area contributed by atoms with Crippen LogP contribution in [0.5, 0.6) is 5.75 Å². The average Bonchev–Trinajstić information content (AvgIpc) is 2.61. The first-order valence-corrected chi connectivity index (χ1v) is 8.18. The molecule has 5 heteroatoms. The van der Waals surface area contributed by atoms with Crippen molar-refractivity contribution >= 4 is 11.7 Å². The van der Waals surface area contributed by atoms with E-state index in [0.717, 1.165) is 35.4 Å². The van der Waals surface area contributed by atoms with Crippen molar-refractivity contribution in [2.45, 2.75) is 19.8 Å². The predicted octanol–water partition coefficient (Wildman–Crippen LogP) is 3.57. The number of nitrogens with zero attached hydrogens (tertiary/aromatic N) is 2. The number of benzene rings is 2. The molecule has 1 amide bonds. The molecule has 1 heterocycles. The van der Waals surface area contributed by atoms with Gasteiger partial charge in [-0.05, 0) is 42.7 Å². The number of phenolic OH excluding ortho intramolecular Hbond substituents is 1. The number of anilines is 1. The molecule has 0 saturated heterocycles. The molecule has 4 rings (SSSR count). The lowest BCUT2D eigenvalue weighted by Crippen LogP contribution is -2.15. The highest BCUT2D eigenvalue weighted by molar-refractivity contribution is 5.92. The maximum Gasteiger partial charge on any atom is 0.222 e. The fourth-order valence-electron chi connectivity index (χ4n) is 3.16. The number of amides is 1. The molecule has 5 nitrogen and oxygen atoms in total. The molecule has 0 atom stereocenters. The lowest BCUT2D eigenvalue weighted by molar-refractivity contribution is -0.114. The summed E-state index contributed by atoms with van der Waals surface area (Å²) in [7, 11) is 0. The number of aryl methyl sites for hydroxylation is 2. The summed E-state index contributed by atoms with van der Waals surface area (Å²) in [5.41, 5.74) is 5.49. The van der Waals surface area contributed by atoms with Crippen molar-refractivity contribution in [3.05, 3.63) is 59.8 Å². The standard InChI is InChI=1S/C20H17N3O2/c1-12(24)21-20-18(14-6-9-15(25)10-7-14)23-19-16-5-3-2-4-13(16)8-11-17(19)22-20/h2-7,9-10,25H,8,11H2,1H3,(H,21,22,24). The number of phenols is 1. The number of hydrogen-bond donors (Lipinski definition) is 2. The first-order chi connectivity index (χ1) is 12.1. The summed E-state index contributed by atoms with van der Waals surface area (Å²) in [4.78, 5) is 21.1. The number of hydrogen-bond acceptors (Lipinski definition) is 4. The number of aromatic hydroxyl groups is 1. The van der Waals surface area contributed by atoms with Crippen molar-refractivity contribution in [1.82, 2.24) is 9.97 Å². The van der Waals surface area contributed by atoms with Crippen LogP contribution in [-0.2, 0) is 17.6 Å². The maximum atomic E-state index is 11.6. The van der Waals surface area contributed by atoms with Gasteiger partial charge in [-0.25, -0.2) is 9.97 Å². The van der Waals surface area contributed by atoms with Gasteiger partial charge in [-0.15, -0.1) is 0 Å². The highest BCUT2D eigenvalue weighted by Crippen LogP contribution is 2.35. The lowest BCUT2D eigenvalue weighted by atomic mass is 9.91. The first kappa shape index (κ1) is 15.3. The summed E-state index contributed by atoms with van der Waals surface area (Å²) in [6.45, 7) is 1.46. The molecule has 0 fully saturated rings. The first-order valence-electron chi connectivity index (χ1n) is 8.18. The minimum atomic E-state index is -0.189. The van der Waals surface area contributed by atoms with Crippen LogP contribution >= 0.6 is 0 Å². The number of fused-ring (bicyclic) bond motifs is 3. The third kappa shape index (κ3) is 2.85. The van der Waals surface area contributed by atoms with Crippen LogP contribution < -0.4 is 5.32 Å². The van der Waals surface area contributed by atoms with Crippen molar-refractivity contribution in [2.75, 3.05) is 5.32 Å². The van der Waals surface area contributed by atoms with Gasteiger partial charge in [0.05, 0.1) is 11.4 Å². The van der Waals surface area contributed by atoms with Gasteiger partial charge in [-0.2, -0.15) is 0 Å². The largest absolute Gasteiger partial charge is 0.508 e. The highest BCUT2D eigenvalue weighted by atomic mass is 16.3. The van der Waals surface area contributed by atoms with E-state index in [1.165, 1.54) is 12.5 Å². The van der Waals surface area contributed by atoms with E-state index in [1.54, 1.807) is 24.3 Å². The second-order valence-corrected chi connectivity index (χ2v) is 6.10. The van der Waals surface area contributed by atoms with Gasteiger partial charge in [0.1, 0.15) is 11.4 Å². The Balaban J connectivity index is 1.93. The second-order valence-electron chi connectivity index (χ2n) is 6.10. The van der Waals surface area contributed by atoms with Crippen molar-refractivity contribution in [2.24, 2.45) is 0 Å². The third-order valence-electron chi connectivity index (χ3n) is 4.31. The number of aromatic nitrogens is 2. The second kappa shape index (κ2) is 6.02. The molecular weight excluding hydrogens is 314 g/mol. The molecule has 0 saturated carbocycles. The maximum absolute atomic E-state index is 11.6. The van der Waals surface area contributed by atoms with Crippen LogP contribution in [0.1, 0.15) is 18.2 Å². The topological polar surface area (TPSA) is 75.1 Å². The molecular formula is C20H17N3O2. The Morgan fingerprint density at radius 2 is 1.76 bits per heavy atom. The summed E-state index contributed by atoms with van der Waals surface area (Å²) in [5.74, 6) is 0.447. The Morgan fingerprint density at radius 1 is 1.00 bits per heavy atom. The van der Waals surface area contributed by atoms with Gasteiger partial charge in [0.2, 0.25) is 5.91 Å². The third-order valence-corrected chi connectivity index (χ3v) is 4.31. The Kier molecular flexibility index (Phi) is 3.69. The van der Waals surface area contributed by atoms with Gasteiger partial charge in [0.15, 0.2) is 5.82 Å². The SMILES string of the molecule is CC(=O)Nc1nc2c(nc1-c1ccc(O)cc1)-c1ccccc1CC2. The van der Waals surface area contributed by atoms with Crippen LogP contribution in [0.15, 0.2) is 48.5 Å². The van der Waals surface area contributed by atoms with E-state index in [4.69, 9.17) is 9.97 Å². The zero-order valence-corrected chi connectivity index (χ0v) is 13.8. The number of rotatable bonds is 2. The van der Waals surface area contributed by atoms with E-state index in [0.29, 0.717) is 11.5 Å². The summed E-state index contributed by atoms with van der Waals surface area (Å²) < 4.78 is 0. The van der Waals surface area contributed by atoms with Gasteiger partial charge in [-0.1, -0.05) is 24.3 Å². The van der Waals surface area contributed by atoms with Gasteiger partial charge in [-0.3, -0.25) is 4.79 Å². The van der Waals surface area contributed by atoms with E-state index in [-0.39, 0.29) is 11.7 Å². The van der Waals surface area contributed by atoms with E-state index in [2.05, 4.69) is 17.4 Å².